The summed E-state index contributed by atoms with van der Waals surface area (Å²) in [4.78, 5) is 11.7. The molecule has 3 nitrogen and oxygen atoms in total. The number of amides is 1. The molecule has 0 unspecified atom stereocenters. The molecule has 0 spiro atoms. The number of ether oxygens (including phenoxy) is 1. The molecule has 1 saturated carbocycles. The van der Waals surface area contributed by atoms with E-state index in [1.807, 2.05) is 12.1 Å². The van der Waals surface area contributed by atoms with Crippen molar-refractivity contribution < 1.29 is 22.7 Å². The van der Waals surface area contributed by atoms with Gasteiger partial charge in [0.2, 0.25) is 5.91 Å². The van der Waals surface area contributed by atoms with Crippen LogP contribution in [-0.4, -0.2) is 18.4 Å². The third kappa shape index (κ3) is 4.34. The van der Waals surface area contributed by atoms with Crippen molar-refractivity contribution in [3.63, 3.8) is 0 Å². The number of rotatable bonds is 3. The van der Waals surface area contributed by atoms with Crippen molar-refractivity contribution in [2.75, 3.05) is 5.32 Å². The van der Waals surface area contributed by atoms with Gasteiger partial charge < -0.3 is 5.32 Å². The minimum Gasteiger partial charge on any atom is -0.326 e. The Bertz CT molecular complexity index is 455. The minimum atomic E-state index is -4.62. The molecule has 1 aliphatic carbocycles. The van der Waals surface area contributed by atoms with Crippen molar-refractivity contribution in [1.29, 1.82) is 0 Å². The zero-order valence-corrected chi connectivity index (χ0v) is 11.9. The zero-order chi connectivity index (χ0) is 14.0. The van der Waals surface area contributed by atoms with Crippen LogP contribution >= 0.6 is 22.6 Å². The Labute approximate surface area is 121 Å². The summed E-state index contributed by atoms with van der Waals surface area (Å²) in [6, 6.07) is 7.18. The number of carbonyl (C=O) groups is 1. The summed E-state index contributed by atoms with van der Waals surface area (Å²) >= 11 is 2.14. The highest BCUT2D eigenvalue weighted by atomic mass is 127. The second-order valence-corrected chi connectivity index (χ2v) is 5.60. The van der Waals surface area contributed by atoms with E-state index in [1.54, 1.807) is 12.1 Å². The van der Waals surface area contributed by atoms with E-state index in [-0.39, 0.29) is 18.7 Å². The van der Waals surface area contributed by atoms with Crippen molar-refractivity contribution in [2.45, 2.75) is 25.3 Å². The van der Waals surface area contributed by atoms with E-state index in [2.05, 4.69) is 32.6 Å². The molecule has 0 saturated heterocycles. The molecule has 0 aliphatic heterocycles. The lowest BCUT2D eigenvalue weighted by atomic mass is 9.81. The van der Waals surface area contributed by atoms with Crippen molar-refractivity contribution in [3.05, 3.63) is 27.8 Å². The number of hydrogen-bond donors (Lipinski definition) is 1. The first-order valence-corrected chi connectivity index (χ1v) is 6.72. The average molecular weight is 385 g/mol. The maximum Gasteiger partial charge on any atom is 0.522 e. The largest absolute Gasteiger partial charge is 0.522 e. The molecule has 19 heavy (non-hydrogen) atoms. The van der Waals surface area contributed by atoms with Gasteiger partial charge in [-0.3, -0.25) is 9.53 Å². The normalized spacial score (nSPS) is 22.7. The zero-order valence-electron chi connectivity index (χ0n) is 9.71. The SMILES string of the molecule is O=C(Nc1ccc(I)cc1)C1CC(OC(F)(F)F)C1. The second kappa shape index (κ2) is 5.66. The van der Waals surface area contributed by atoms with E-state index < -0.39 is 18.4 Å². The fourth-order valence-electron chi connectivity index (χ4n) is 1.84. The summed E-state index contributed by atoms with van der Waals surface area (Å²) < 4.78 is 40.6. The first kappa shape index (κ1) is 14.6. The van der Waals surface area contributed by atoms with E-state index in [9.17, 15) is 18.0 Å². The van der Waals surface area contributed by atoms with Crippen LogP contribution in [0.3, 0.4) is 0 Å². The second-order valence-electron chi connectivity index (χ2n) is 4.35. The van der Waals surface area contributed by atoms with Crippen molar-refractivity contribution in [1.82, 2.24) is 0 Å². The summed E-state index contributed by atoms with van der Waals surface area (Å²) in [6.45, 7) is 0. The van der Waals surface area contributed by atoms with Crippen molar-refractivity contribution in [3.8, 4) is 0 Å². The van der Waals surface area contributed by atoms with Gasteiger partial charge in [0.1, 0.15) is 0 Å². The minimum absolute atomic E-state index is 0.107. The van der Waals surface area contributed by atoms with E-state index in [1.165, 1.54) is 0 Å². The van der Waals surface area contributed by atoms with E-state index >= 15 is 0 Å². The van der Waals surface area contributed by atoms with Gasteiger partial charge in [0, 0.05) is 15.2 Å². The lowest BCUT2D eigenvalue weighted by Crippen LogP contribution is -2.41. The summed E-state index contributed by atoms with van der Waals surface area (Å²) in [5, 5.41) is 2.68. The molecule has 1 aromatic rings. The van der Waals surface area contributed by atoms with E-state index in [4.69, 9.17) is 0 Å². The van der Waals surface area contributed by atoms with Crippen LogP contribution in [0.25, 0.3) is 0 Å². The Morgan fingerprint density at radius 2 is 1.84 bits per heavy atom. The van der Waals surface area contributed by atoms with Crippen LogP contribution in [0, 0.1) is 9.49 Å². The first-order chi connectivity index (χ1) is 8.83. The molecular formula is C12H11F3INO2. The number of alkyl halides is 3. The average Bonchev–Trinajstić information content (AvgIpc) is 2.24. The highest BCUT2D eigenvalue weighted by Gasteiger charge is 2.42. The Hall–Kier alpha value is -0.830. The number of benzene rings is 1. The summed E-state index contributed by atoms with van der Waals surface area (Å²) in [5.74, 6) is -0.671. The molecule has 1 amide bonds. The predicted molar refractivity (Wildman–Crippen MR) is 71.4 cm³/mol. The Morgan fingerprint density at radius 3 is 2.37 bits per heavy atom. The number of hydrogen-bond acceptors (Lipinski definition) is 2. The maximum absolute atomic E-state index is 11.9. The third-order valence-electron chi connectivity index (χ3n) is 2.88. The maximum atomic E-state index is 11.9. The standard InChI is InChI=1S/C12H11F3INO2/c13-12(14,15)19-10-5-7(6-10)11(18)17-9-3-1-8(16)2-4-9/h1-4,7,10H,5-6H2,(H,17,18). The van der Waals surface area contributed by atoms with Crippen LogP contribution in [0.5, 0.6) is 0 Å². The predicted octanol–water partition coefficient (Wildman–Crippen LogP) is 3.54. The monoisotopic (exact) mass is 385 g/mol. The highest BCUT2D eigenvalue weighted by molar-refractivity contribution is 14.1. The number of carbonyl (C=O) groups excluding carboxylic acids is 1. The molecule has 0 atom stereocenters. The lowest BCUT2D eigenvalue weighted by molar-refractivity contribution is -0.353. The first-order valence-electron chi connectivity index (χ1n) is 5.64. The molecule has 104 valence electrons. The fourth-order valence-corrected chi connectivity index (χ4v) is 2.20. The van der Waals surface area contributed by atoms with Crippen LogP contribution in [0.15, 0.2) is 24.3 Å². The van der Waals surface area contributed by atoms with Crippen LogP contribution in [0.2, 0.25) is 0 Å². The summed E-state index contributed by atoms with van der Waals surface area (Å²) in [6.07, 6.45) is -5.30. The van der Waals surface area contributed by atoms with Gasteiger partial charge in [-0.2, -0.15) is 0 Å². The lowest BCUT2D eigenvalue weighted by Gasteiger charge is -2.34. The van der Waals surface area contributed by atoms with Crippen LogP contribution in [0.4, 0.5) is 18.9 Å². The Balaban J connectivity index is 1.79. The molecule has 1 aliphatic rings. The highest BCUT2D eigenvalue weighted by Crippen LogP contribution is 2.35. The molecule has 7 heteroatoms. The Kier molecular flexibility index (Phi) is 4.34. The number of halogens is 4. The van der Waals surface area contributed by atoms with Gasteiger partial charge in [0.05, 0.1) is 6.10 Å². The third-order valence-corrected chi connectivity index (χ3v) is 3.60. The molecule has 2 rings (SSSR count). The number of anilines is 1. The van der Waals surface area contributed by atoms with E-state index in [0.717, 1.165) is 3.57 Å². The van der Waals surface area contributed by atoms with Gasteiger partial charge in [-0.05, 0) is 59.7 Å². The Morgan fingerprint density at radius 1 is 1.26 bits per heavy atom. The van der Waals surface area contributed by atoms with Gasteiger partial charge in [0.25, 0.3) is 0 Å². The molecule has 0 bridgehead atoms. The molecule has 1 N–H and O–H groups in total. The van der Waals surface area contributed by atoms with Crippen molar-refractivity contribution >= 4 is 34.2 Å². The van der Waals surface area contributed by atoms with E-state index in [0.29, 0.717) is 5.69 Å². The molecule has 1 fully saturated rings. The van der Waals surface area contributed by atoms with Gasteiger partial charge in [-0.15, -0.1) is 13.2 Å². The molecule has 1 aromatic carbocycles. The quantitative estimate of drug-likeness (QED) is 0.809. The van der Waals surface area contributed by atoms with Gasteiger partial charge in [0.15, 0.2) is 0 Å². The molecule has 0 heterocycles. The van der Waals surface area contributed by atoms with Crippen LogP contribution < -0.4 is 5.32 Å². The van der Waals surface area contributed by atoms with Gasteiger partial charge in [-0.1, -0.05) is 0 Å². The fraction of sp³-hybridized carbons (Fsp3) is 0.417. The van der Waals surface area contributed by atoms with Crippen molar-refractivity contribution in [2.24, 2.45) is 5.92 Å². The summed E-state index contributed by atoms with van der Waals surface area (Å²) in [5.41, 5.74) is 0.644. The van der Waals surface area contributed by atoms with Gasteiger partial charge >= 0.3 is 6.36 Å². The molecular weight excluding hydrogens is 374 g/mol. The molecule has 0 radical (unpaired) electrons. The van der Waals surface area contributed by atoms with Crippen LogP contribution in [-0.2, 0) is 9.53 Å². The summed E-state index contributed by atoms with van der Waals surface area (Å²) in [7, 11) is 0. The smallest absolute Gasteiger partial charge is 0.326 e. The van der Waals surface area contributed by atoms with Gasteiger partial charge in [-0.25, -0.2) is 0 Å². The molecule has 0 aromatic heterocycles. The van der Waals surface area contributed by atoms with Crippen LogP contribution in [0.1, 0.15) is 12.8 Å². The number of nitrogens with one attached hydrogen (secondary N) is 1. The topological polar surface area (TPSA) is 38.3 Å².